The van der Waals surface area contributed by atoms with Crippen molar-refractivity contribution in [3.05, 3.63) is 88.5 Å². The maximum atomic E-state index is 11.0. The van der Waals surface area contributed by atoms with Gasteiger partial charge in [0.1, 0.15) is 0 Å². The molecule has 0 bridgehead atoms. The minimum absolute atomic E-state index is 0.0187. The molecule has 0 saturated carbocycles. The number of nitro benzene ring substituents is 1. The van der Waals surface area contributed by atoms with Crippen LogP contribution in [0.3, 0.4) is 0 Å². The third kappa shape index (κ3) is 3.55. The predicted molar refractivity (Wildman–Crippen MR) is 114 cm³/mol. The molecule has 0 saturated heterocycles. The Bertz CT molecular complexity index is 1090. The molecule has 0 aromatic heterocycles. The lowest BCUT2D eigenvalue weighted by atomic mass is 10.2. The Balaban J connectivity index is 1.72. The number of anilines is 2. The minimum atomic E-state index is -0.429. The van der Waals surface area contributed by atoms with Crippen LogP contribution >= 0.6 is 0 Å². The van der Waals surface area contributed by atoms with Gasteiger partial charge in [0.25, 0.3) is 5.69 Å². The van der Waals surface area contributed by atoms with Crippen molar-refractivity contribution in [2.75, 3.05) is 24.5 Å². The first-order valence-corrected chi connectivity index (χ1v) is 9.08. The highest BCUT2D eigenvalue weighted by atomic mass is 16.6. The molecule has 1 aliphatic rings. The van der Waals surface area contributed by atoms with Crippen LogP contribution < -0.4 is 25.1 Å². The molecule has 1 N–H and O–H groups in total. The summed E-state index contributed by atoms with van der Waals surface area (Å²) < 4.78 is 10.7. The van der Waals surface area contributed by atoms with Crippen LogP contribution in [-0.2, 0) is 0 Å². The number of hydrazone groups is 1. The van der Waals surface area contributed by atoms with E-state index in [0.717, 1.165) is 11.3 Å². The normalized spacial score (nSPS) is 12.9. The number of methoxy groups -OCH3 is 2. The van der Waals surface area contributed by atoms with Crippen molar-refractivity contribution in [1.29, 1.82) is 0 Å². The Labute approximate surface area is 172 Å². The maximum Gasteiger partial charge on any atom is 0.269 e. The quantitative estimate of drug-likeness (QED) is 0.493. The first kappa shape index (κ1) is 19.1. The molecule has 0 amide bonds. The highest BCUT2D eigenvalue weighted by molar-refractivity contribution is 6.02. The lowest BCUT2D eigenvalue weighted by Gasteiger charge is -2.27. The first-order valence-electron chi connectivity index (χ1n) is 9.08. The molecule has 9 heteroatoms. The smallest absolute Gasteiger partial charge is 0.269 e. The van der Waals surface area contributed by atoms with E-state index in [9.17, 15) is 10.1 Å². The van der Waals surface area contributed by atoms with Gasteiger partial charge >= 0.3 is 0 Å². The van der Waals surface area contributed by atoms with E-state index in [1.165, 1.54) is 12.1 Å². The summed E-state index contributed by atoms with van der Waals surface area (Å²) in [5.74, 6) is 1.78. The van der Waals surface area contributed by atoms with Gasteiger partial charge in [0.05, 0.1) is 30.5 Å². The maximum absolute atomic E-state index is 11.0. The van der Waals surface area contributed by atoms with Crippen molar-refractivity contribution in [1.82, 2.24) is 5.43 Å². The van der Waals surface area contributed by atoms with Gasteiger partial charge in [0.15, 0.2) is 17.3 Å². The summed E-state index contributed by atoms with van der Waals surface area (Å²) in [4.78, 5) is 10.6. The number of nitrogens with one attached hydrogen (secondary N) is 1. The third-order valence-corrected chi connectivity index (χ3v) is 4.55. The number of amidine groups is 1. The van der Waals surface area contributed by atoms with Gasteiger partial charge < -0.3 is 9.47 Å². The van der Waals surface area contributed by atoms with Crippen molar-refractivity contribution in [2.45, 2.75) is 0 Å². The molecule has 30 heavy (non-hydrogen) atoms. The number of para-hydroxylation sites is 1. The van der Waals surface area contributed by atoms with Gasteiger partial charge in [0.2, 0.25) is 0 Å². The summed E-state index contributed by atoms with van der Waals surface area (Å²) in [5, 5.41) is 19.1. The number of nitrogens with zero attached hydrogens (tertiary/aromatic N) is 4. The molecule has 0 fully saturated rings. The largest absolute Gasteiger partial charge is 0.493 e. The predicted octanol–water partition coefficient (Wildman–Crippen LogP) is 3.72. The van der Waals surface area contributed by atoms with Crippen LogP contribution in [0.15, 0.2) is 77.9 Å². The van der Waals surface area contributed by atoms with Crippen LogP contribution in [0.4, 0.5) is 17.1 Å². The molecule has 1 aliphatic heterocycles. The van der Waals surface area contributed by atoms with Crippen molar-refractivity contribution in [3.63, 3.8) is 0 Å². The number of benzene rings is 3. The Morgan fingerprint density at radius 1 is 0.900 bits per heavy atom. The van der Waals surface area contributed by atoms with E-state index in [4.69, 9.17) is 14.6 Å². The van der Waals surface area contributed by atoms with Crippen LogP contribution in [0.5, 0.6) is 11.5 Å². The molecule has 0 radical (unpaired) electrons. The van der Waals surface area contributed by atoms with Gasteiger partial charge in [-0.25, -0.2) is 0 Å². The van der Waals surface area contributed by atoms with Crippen molar-refractivity contribution in [3.8, 4) is 11.5 Å². The van der Waals surface area contributed by atoms with Crippen molar-refractivity contribution in [2.24, 2.45) is 5.10 Å². The lowest BCUT2D eigenvalue weighted by Crippen LogP contribution is -2.44. The lowest BCUT2D eigenvalue weighted by molar-refractivity contribution is -0.384. The number of hydrazine groups is 2. The van der Waals surface area contributed by atoms with E-state index in [-0.39, 0.29) is 5.69 Å². The molecule has 9 nitrogen and oxygen atoms in total. The molecule has 1 heterocycles. The molecular formula is C21H19N5O4. The first-order chi connectivity index (χ1) is 14.6. The van der Waals surface area contributed by atoms with E-state index in [0.29, 0.717) is 23.0 Å². The second kappa shape index (κ2) is 8.00. The van der Waals surface area contributed by atoms with Crippen LogP contribution in [0, 0.1) is 10.1 Å². The number of hydrogen-bond donors (Lipinski definition) is 1. The van der Waals surface area contributed by atoms with E-state index in [1.54, 1.807) is 42.7 Å². The van der Waals surface area contributed by atoms with E-state index >= 15 is 0 Å². The van der Waals surface area contributed by atoms with Crippen LogP contribution in [0.2, 0.25) is 0 Å². The van der Waals surface area contributed by atoms with Gasteiger partial charge in [-0.3, -0.25) is 15.5 Å². The molecule has 0 unspecified atom stereocenters. The summed E-state index contributed by atoms with van der Waals surface area (Å²) in [6.45, 7) is 0. The molecule has 3 aromatic carbocycles. The second-order valence-corrected chi connectivity index (χ2v) is 6.34. The molecule has 0 spiro atoms. The molecule has 3 aromatic rings. The van der Waals surface area contributed by atoms with Crippen LogP contribution in [0.1, 0.15) is 5.56 Å². The Hall–Kier alpha value is -4.27. The van der Waals surface area contributed by atoms with Crippen molar-refractivity contribution >= 4 is 22.9 Å². The Morgan fingerprint density at radius 2 is 1.60 bits per heavy atom. The fourth-order valence-corrected chi connectivity index (χ4v) is 3.04. The zero-order chi connectivity index (χ0) is 21.1. The van der Waals surface area contributed by atoms with Gasteiger partial charge in [-0.2, -0.15) is 10.2 Å². The average molecular weight is 405 g/mol. The molecule has 4 rings (SSSR count). The fourth-order valence-electron chi connectivity index (χ4n) is 3.04. The summed E-state index contributed by atoms with van der Waals surface area (Å²) in [6.07, 6.45) is 0. The van der Waals surface area contributed by atoms with Crippen LogP contribution in [0.25, 0.3) is 0 Å². The minimum Gasteiger partial charge on any atom is -0.493 e. The van der Waals surface area contributed by atoms with E-state index < -0.39 is 4.92 Å². The van der Waals surface area contributed by atoms with Crippen LogP contribution in [-0.4, -0.2) is 25.0 Å². The van der Waals surface area contributed by atoms with Gasteiger partial charge in [-0.15, -0.1) is 5.10 Å². The highest BCUT2D eigenvalue weighted by Crippen LogP contribution is 2.30. The summed E-state index contributed by atoms with van der Waals surface area (Å²) >= 11 is 0. The molecular weight excluding hydrogens is 386 g/mol. The number of ether oxygens (including phenoxy) is 2. The summed E-state index contributed by atoms with van der Waals surface area (Å²) in [5.41, 5.74) is 5.56. The Morgan fingerprint density at radius 3 is 2.23 bits per heavy atom. The average Bonchev–Trinajstić information content (AvgIpc) is 3.24. The number of rotatable bonds is 6. The highest BCUT2D eigenvalue weighted by Gasteiger charge is 2.27. The number of nitro groups is 1. The van der Waals surface area contributed by atoms with E-state index in [1.807, 2.05) is 42.5 Å². The van der Waals surface area contributed by atoms with Gasteiger partial charge in [0, 0.05) is 17.7 Å². The van der Waals surface area contributed by atoms with E-state index in [2.05, 4.69) is 5.43 Å². The third-order valence-electron chi connectivity index (χ3n) is 4.55. The van der Waals surface area contributed by atoms with Gasteiger partial charge in [-0.05, 0) is 42.5 Å². The Kier molecular flexibility index (Phi) is 5.08. The number of non-ortho nitro benzene ring substituents is 1. The second-order valence-electron chi connectivity index (χ2n) is 6.34. The monoisotopic (exact) mass is 405 g/mol. The van der Waals surface area contributed by atoms with Gasteiger partial charge in [-0.1, -0.05) is 18.2 Å². The molecule has 152 valence electrons. The zero-order valence-electron chi connectivity index (χ0n) is 16.4. The molecule has 0 aliphatic carbocycles. The topological polar surface area (TPSA) is 92.5 Å². The summed E-state index contributed by atoms with van der Waals surface area (Å²) in [6, 6.07) is 21.3. The SMILES string of the molecule is COc1ccc(C2=NN(c3ccccc3)N(c3ccc([N+](=O)[O-])cc3)N2)cc1OC. The number of hydrogen-bond acceptors (Lipinski definition) is 8. The van der Waals surface area contributed by atoms with Crippen molar-refractivity contribution < 1.29 is 14.4 Å². The fraction of sp³-hybridized carbons (Fsp3) is 0.0952. The zero-order valence-corrected chi connectivity index (χ0v) is 16.4. The summed E-state index contributed by atoms with van der Waals surface area (Å²) in [7, 11) is 3.15. The molecule has 0 atom stereocenters. The standard InChI is InChI=1S/C21H19N5O4/c1-29-19-13-8-15(14-20(19)30-2)21-22-24(16-6-4-3-5-7-16)25(23-21)17-9-11-18(12-10-17)26(27)28/h3-14H,1-2H3,(H,22,23).